The van der Waals surface area contributed by atoms with E-state index in [9.17, 15) is 9.59 Å². The summed E-state index contributed by atoms with van der Waals surface area (Å²) < 4.78 is 4.75. The standard InChI is InChI=1S/C24H31NO3/c1-3-4-6-11-21(16-19-12-14-22(15-13-19)24(27)28-2)17-23(26)25-18-20-9-7-5-8-10-20/h5,7-10,12-15,21H,3-4,6,11,16-18H2,1-2H3,(H,25,26). The highest BCUT2D eigenvalue weighted by Crippen LogP contribution is 2.20. The van der Waals surface area contributed by atoms with Crippen molar-refractivity contribution in [3.63, 3.8) is 0 Å². The van der Waals surface area contributed by atoms with Crippen molar-refractivity contribution in [1.29, 1.82) is 0 Å². The molecule has 0 aliphatic rings. The summed E-state index contributed by atoms with van der Waals surface area (Å²) >= 11 is 0. The topological polar surface area (TPSA) is 55.4 Å². The first-order chi connectivity index (χ1) is 13.6. The van der Waals surface area contributed by atoms with Crippen molar-refractivity contribution in [3.8, 4) is 0 Å². The second kappa shape index (κ2) is 12.0. The Morgan fingerprint density at radius 2 is 1.68 bits per heavy atom. The number of benzene rings is 2. The SMILES string of the molecule is CCCCCC(CC(=O)NCc1ccccc1)Cc1ccc(C(=O)OC)cc1. The van der Waals surface area contributed by atoms with Crippen molar-refractivity contribution >= 4 is 11.9 Å². The minimum atomic E-state index is -0.327. The molecular formula is C24H31NO3. The molecule has 0 saturated heterocycles. The Kier molecular flexibility index (Phi) is 9.26. The summed E-state index contributed by atoms with van der Waals surface area (Å²) in [6.45, 7) is 2.75. The highest BCUT2D eigenvalue weighted by molar-refractivity contribution is 5.89. The van der Waals surface area contributed by atoms with Crippen LogP contribution in [0.15, 0.2) is 54.6 Å². The van der Waals surface area contributed by atoms with E-state index < -0.39 is 0 Å². The molecule has 1 unspecified atom stereocenters. The first-order valence-corrected chi connectivity index (χ1v) is 10.1. The molecule has 4 nitrogen and oxygen atoms in total. The Morgan fingerprint density at radius 3 is 2.32 bits per heavy atom. The van der Waals surface area contributed by atoms with Gasteiger partial charge in [-0.25, -0.2) is 4.79 Å². The second-order valence-electron chi connectivity index (χ2n) is 7.22. The molecule has 0 radical (unpaired) electrons. The fourth-order valence-corrected chi connectivity index (χ4v) is 3.32. The Balaban J connectivity index is 1.92. The van der Waals surface area contributed by atoms with Crippen LogP contribution in [-0.2, 0) is 22.5 Å². The monoisotopic (exact) mass is 381 g/mol. The maximum atomic E-state index is 12.5. The minimum absolute atomic E-state index is 0.0940. The summed E-state index contributed by atoms with van der Waals surface area (Å²) in [6, 6.07) is 17.5. The first kappa shape index (κ1) is 21.7. The maximum Gasteiger partial charge on any atom is 0.337 e. The number of hydrogen-bond acceptors (Lipinski definition) is 3. The lowest BCUT2D eigenvalue weighted by molar-refractivity contribution is -0.122. The molecule has 2 aromatic rings. The summed E-state index contributed by atoms with van der Waals surface area (Å²) in [6.07, 6.45) is 5.88. The van der Waals surface area contributed by atoms with Crippen LogP contribution < -0.4 is 5.32 Å². The van der Waals surface area contributed by atoms with Gasteiger partial charge in [-0.3, -0.25) is 4.79 Å². The average Bonchev–Trinajstić information content (AvgIpc) is 2.73. The molecule has 0 aromatic heterocycles. The molecular weight excluding hydrogens is 350 g/mol. The van der Waals surface area contributed by atoms with Gasteiger partial charge in [0.25, 0.3) is 0 Å². The zero-order valence-corrected chi connectivity index (χ0v) is 16.9. The third kappa shape index (κ3) is 7.55. The minimum Gasteiger partial charge on any atom is -0.465 e. The molecule has 0 bridgehead atoms. The quantitative estimate of drug-likeness (QED) is 0.444. The van der Waals surface area contributed by atoms with E-state index in [0.29, 0.717) is 24.4 Å². The molecule has 1 atom stereocenters. The average molecular weight is 382 g/mol. The van der Waals surface area contributed by atoms with Gasteiger partial charge in [-0.15, -0.1) is 0 Å². The predicted molar refractivity (Wildman–Crippen MR) is 112 cm³/mol. The van der Waals surface area contributed by atoms with Crippen LogP contribution in [0.4, 0.5) is 0 Å². The van der Waals surface area contributed by atoms with E-state index in [2.05, 4.69) is 12.2 Å². The highest BCUT2D eigenvalue weighted by Gasteiger charge is 2.15. The number of nitrogens with one attached hydrogen (secondary N) is 1. The zero-order valence-electron chi connectivity index (χ0n) is 16.9. The van der Waals surface area contributed by atoms with Gasteiger partial charge in [0.15, 0.2) is 0 Å². The third-order valence-corrected chi connectivity index (χ3v) is 4.92. The van der Waals surface area contributed by atoms with Crippen LogP contribution >= 0.6 is 0 Å². The van der Waals surface area contributed by atoms with E-state index in [0.717, 1.165) is 30.4 Å². The number of unbranched alkanes of at least 4 members (excludes halogenated alkanes) is 2. The van der Waals surface area contributed by atoms with Crippen molar-refractivity contribution in [2.24, 2.45) is 5.92 Å². The molecule has 2 aromatic carbocycles. The molecule has 1 N–H and O–H groups in total. The van der Waals surface area contributed by atoms with Crippen LogP contribution in [0.2, 0.25) is 0 Å². The number of carbonyl (C=O) groups excluding carboxylic acids is 2. The van der Waals surface area contributed by atoms with Gasteiger partial charge >= 0.3 is 5.97 Å². The van der Waals surface area contributed by atoms with Crippen LogP contribution in [-0.4, -0.2) is 19.0 Å². The normalized spacial score (nSPS) is 11.6. The summed E-state index contributed by atoms with van der Waals surface area (Å²) in [7, 11) is 1.38. The number of carbonyl (C=O) groups is 2. The Morgan fingerprint density at radius 1 is 0.964 bits per heavy atom. The number of methoxy groups -OCH3 is 1. The number of ether oxygens (including phenoxy) is 1. The van der Waals surface area contributed by atoms with E-state index in [-0.39, 0.29) is 11.9 Å². The van der Waals surface area contributed by atoms with Gasteiger partial charge < -0.3 is 10.1 Å². The Bertz CT molecular complexity index is 725. The van der Waals surface area contributed by atoms with Gasteiger partial charge in [0.1, 0.15) is 0 Å². The largest absolute Gasteiger partial charge is 0.465 e. The predicted octanol–water partition coefficient (Wildman–Crippen LogP) is 4.92. The van der Waals surface area contributed by atoms with E-state index in [1.165, 1.54) is 20.0 Å². The first-order valence-electron chi connectivity index (χ1n) is 10.1. The molecule has 2 rings (SSSR count). The van der Waals surface area contributed by atoms with Gasteiger partial charge in [-0.05, 0) is 42.0 Å². The maximum absolute atomic E-state index is 12.5. The summed E-state index contributed by atoms with van der Waals surface area (Å²) in [4.78, 5) is 24.0. The molecule has 1 amide bonds. The second-order valence-corrected chi connectivity index (χ2v) is 7.22. The van der Waals surface area contributed by atoms with Gasteiger partial charge in [-0.1, -0.05) is 68.7 Å². The molecule has 4 heteroatoms. The number of hydrogen-bond donors (Lipinski definition) is 1. The molecule has 0 aliphatic carbocycles. The van der Waals surface area contributed by atoms with Crippen molar-refractivity contribution in [1.82, 2.24) is 5.32 Å². The molecule has 0 fully saturated rings. The van der Waals surface area contributed by atoms with E-state index >= 15 is 0 Å². The lowest BCUT2D eigenvalue weighted by Gasteiger charge is -2.17. The van der Waals surface area contributed by atoms with Crippen molar-refractivity contribution in [3.05, 3.63) is 71.3 Å². The lowest BCUT2D eigenvalue weighted by Crippen LogP contribution is -2.26. The zero-order chi connectivity index (χ0) is 20.2. The van der Waals surface area contributed by atoms with Crippen LogP contribution in [0.1, 0.15) is 60.5 Å². The van der Waals surface area contributed by atoms with Crippen LogP contribution in [0.25, 0.3) is 0 Å². The highest BCUT2D eigenvalue weighted by atomic mass is 16.5. The molecule has 0 spiro atoms. The smallest absolute Gasteiger partial charge is 0.337 e. The van der Waals surface area contributed by atoms with Gasteiger partial charge in [0, 0.05) is 13.0 Å². The fourth-order valence-electron chi connectivity index (χ4n) is 3.32. The van der Waals surface area contributed by atoms with Crippen LogP contribution in [0, 0.1) is 5.92 Å². The molecule has 0 saturated carbocycles. The van der Waals surface area contributed by atoms with E-state index in [1.807, 2.05) is 42.5 Å². The third-order valence-electron chi connectivity index (χ3n) is 4.92. The van der Waals surface area contributed by atoms with Gasteiger partial charge in [0.2, 0.25) is 5.91 Å². The lowest BCUT2D eigenvalue weighted by atomic mass is 9.90. The van der Waals surface area contributed by atoms with Crippen molar-refractivity contribution in [2.45, 2.75) is 52.0 Å². The summed E-state index contributed by atoms with van der Waals surface area (Å²) in [5.41, 5.74) is 2.80. The van der Waals surface area contributed by atoms with E-state index in [1.54, 1.807) is 12.1 Å². The fraction of sp³-hybridized carbons (Fsp3) is 0.417. The molecule has 28 heavy (non-hydrogen) atoms. The number of amides is 1. The number of rotatable bonds is 11. The Labute approximate surface area is 168 Å². The Hall–Kier alpha value is -2.62. The molecule has 0 heterocycles. The van der Waals surface area contributed by atoms with E-state index in [4.69, 9.17) is 4.74 Å². The van der Waals surface area contributed by atoms with Gasteiger partial charge in [0.05, 0.1) is 12.7 Å². The van der Waals surface area contributed by atoms with Crippen molar-refractivity contribution < 1.29 is 14.3 Å². The summed E-state index contributed by atoms with van der Waals surface area (Å²) in [5.74, 6) is 0.0640. The summed E-state index contributed by atoms with van der Waals surface area (Å²) in [5, 5.41) is 3.04. The van der Waals surface area contributed by atoms with Crippen LogP contribution in [0.3, 0.4) is 0 Å². The van der Waals surface area contributed by atoms with Crippen LogP contribution in [0.5, 0.6) is 0 Å². The van der Waals surface area contributed by atoms with Crippen molar-refractivity contribution in [2.75, 3.05) is 7.11 Å². The molecule has 150 valence electrons. The van der Waals surface area contributed by atoms with Gasteiger partial charge in [-0.2, -0.15) is 0 Å². The molecule has 0 aliphatic heterocycles. The number of esters is 1.